The molecule has 1 amide bonds. The Bertz CT molecular complexity index is 1240. The van der Waals surface area contributed by atoms with Crippen LogP contribution in [0.1, 0.15) is 12.5 Å². The Balaban J connectivity index is 1.81. The fraction of sp³-hybridized carbons (Fsp3) is 0.348. The molecule has 2 unspecified atom stereocenters. The number of hydrogen-bond acceptors (Lipinski definition) is 8. The molecule has 2 atom stereocenters. The molecule has 1 heterocycles. The van der Waals surface area contributed by atoms with E-state index < -0.39 is 51.8 Å². The number of carbonyl (C=O) groups excluding carboxylic acids is 2. The average molecular weight is 542 g/mol. The molecule has 0 aromatic heterocycles. The number of nitro groups is 1. The number of carbonyl (C=O) groups is 2. The van der Waals surface area contributed by atoms with Crippen LogP contribution in [-0.2, 0) is 20.5 Å². The second-order valence-corrected chi connectivity index (χ2v) is 8.20. The molecule has 0 aliphatic carbocycles. The molecule has 0 radical (unpaired) electrons. The van der Waals surface area contributed by atoms with E-state index in [9.17, 15) is 38.1 Å². The van der Waals surface area contributed by atoms with Gasteiger partial charge >= 0.3 is 11.9 Å². The molecule has 10 nitrogen and oxygen atoms in total. The number of nitro benzene ring substituents is 1. The molecule has 37 heavy (non-hydrogen) atoms. The van der Waals surface area contributed by atoms with E-state index in [0.29, 0.717) is 6.07 Å². The van der Waals surface area contributed by atoms with Gasteiger partial charge in [0.05, 0.1) is 34.8 Å². The fourth-order valence-electron chi connectivity index (χ4n) is 3.38. The summed E-state index contributed by atoms with van der Waals surface area (Å²) in [6.45, 7) is 2.15. The van der Waals surface area contributed by atoms with Crippen LogP contribution in [0.5, 0.6) is 17.2 Å². The molecular weight excluding hydrogens is 523 g/mol. The average Bonchev–Trinajstić information content (AvgIpc) is 2.85. The Morgan fingerprint density at radius 1 is 1.19 bits per heavy atom. The van der Waals surface area contributed by atoms with Crippen molar-refractivity contribution in [3.63, 3.8) is 0 Å². The lowest BCUT2D eigenvalue weighted by atomic mass is 10.00. The number of halogens is 4. The SMILES string of the molecule is CC(Oc1cc(Oc2ccc(C(F)(F)F)cc2Cl)ccc1[N+](=O)[O-])C(=O)C(C#N)C(=O)N1CCOCC1. The predicted molar refractivity (Wildman–Crippen MR) is 121 cm³/mol. The fourth-order valence-corrected chi connectivity index (χ4v) is 3.60. The van der Waals surface area contributed by atoms with Crippen molar-refractivity contribution < 1.29 is 41.9 Å². The molecule has 1 fully saturated rings. The molecule has 1 saturated heterocycles. The van der Waals surface area contributed by atoms with Gasteiger partial charge < -0.3 is 19.1 Å². The van der Waals surface area contributed by atoms with Gasteiger partial charge in [0.25, 0.3) is 0 Å². The van der Waals surface area contributed by atoms with Crippen LogP contribution >= 0.6 is 11.6 Å². The third-order valence-corrected chi connectivity index (χ3v) is 5.60. The number of ketones is 1. The Hall–Kier alpha value is -3.89. The number of rotatable bonds is 8. The lowest BCUT2D eigenvalue weighted by Gasteiger charge is -2.28. The Kier molecular flexibility index (Phi) is 8.57. The van der Waals surface area contributed by atoms with Crippen molar-refractivity contribution in [2.24, 2.45) is 5.92 Å². The van der Waals surface area contributed by atoms with Crippen molar-refractivity contribution in [1.82, 2.24) is 4.90 Å². The number of morpholine rings is 1. The summed E-state index contributed by atoms with van der Waals surface area (Å²) >= 11 is 5.89. The molecular formula is C23H19ClF3N3O7. The van der Waals surface area contributed by atoms with Gasteiger partial charge in [0.15, 0.2) is 17.8 Å². The van der Waals surface area contributed by atoms with Gasteiger partial charge in [-0.3, -0.25) is 19.7 Å². The van der Waals surface area contributed by atoms with Crippen LogP contribution in [0.2, 0.25) is 5.02 Å². The highest BCUT2D eigenvalue weighted by molar-refractivity contribution is 6.32. The topological polar surface area (TPSA) is 132 Å². The zero-order valence-corrected chi connectivity index (χ0v) is 19.9. The maximum Gasteiger partial charge on any atom is 0.416 e. The summed E-state index contributed by atoms with van der Waals surface area (Å²) in [6.07, 6.45) is -6.07. The quantitative estimate of drug-likeness (QED) is 0.273. The molecule has 3 rings (SSSR count). The van der Waals surface area contributed by atoms with E-state index in [-0.39, 0.29) is 42.8 Å². The highest BCUT2D eigenvalue weighted by atomic mass is 35.5. The number of hydrogen-bond donors (Lipinski definition) is 0. The van der Waals surface area contributed by atoms with Crippen molar-refractivity contribution in [2.75, 3.05) is 26.3 Å². The Morgan fingerprint density at radius 2 is 1.86 bits per heavy atom. The molecule has 0 bridgehead atoms. The van der Waals surface area contributed by atoms with Gasteiger partial charge in [-0.1, -0.05) is 11.6 Å². The third-order valence-electron chi connectivity index (χ3n) is 5.30. The number of nitriles is 1. The smallest absolute Gasteiger partial charge is 0.416 e. The molecule has 0 N–H and O–H groups in total. The van der Waals surface area contributed by atoms with E-state index in [1.165, 1.54) is 11.8 Å². The van der Waals surface area contributed by atoms with Gasteiger partial charge in [-0.15, -0.1) is 0 Å². The number of nitrogens with zero attached hydrogens (tertiary/aromatic N) is 3. The van der Waals surface area contributed by atoms with Gasteiger partial charge in [-0.05, 0) is 31.2 Å². The minimum atomic E-state index is -4.62. The van der Waals surface area contributed by atoms with Gasteiger partial charge in [0, 0.05) is 25.2 Å². The second kappa shape index (κ2) is 11.4. The largest absolute Gasteiger partial charge is 0.476 e. The first-order valence-corrected chi connectivity index (χ1v) is 11.1. The lowest BCUT2D eigenvalue weighted by Crippen LogP contribution is -2.47. The summed E-state index contributed by atoms with van der Waals surface area (Å²) in [7, 11) is 0. The van der Waals surface area contributed by atoms with Crippen molar-refractivity contribution in [1.29, 1.82) is 5.26 Å². The highest BCUT2D eigenvalue weighted by Gasteiger charge is 2.36. The van der Waals surface area contributed by atoms with Crippen LogP contribution in [0.3, 0.4) is 0 Å². The first-order valence-electron chi connectivity index (χ1n) is 10.7. The van der Waals surface area contributed by atoms with Gasteiger partial charge in [-0.2, -0.15) is 18.4 Å². The van der Waals surface area contributed by atoms with Gasteiger partial charge in [0.1, 0.15) is 11.5 Å². The molecule has 14 heteroatoms. The van der Waals surface area contributed by atoms with E-state index in [1.54, 1.807) is 6.07 Å². The summed E-state index contributed by atoms with van der Waals surface area (Å²) < 4.78 is 54.7. The monoisotopic (exact) mass is 541 g/mol. The van der Waals surface area contributed by atoms with Crippen molar-refractivity contribution in [3.8, 4) is 23.3 Å². The number of amides is 1. The Morgan fingerprint density at radius 3 is 2.43 bits per heavy atom. The van der Waals surface area contributed by atoms with E-state index in [0.717, 1.165) is 30.3 Å². The van der Waals surface area contributed by atoms with Crippen molar-refractivity contribution in [2.45, 2.75) is 19.2 Å². The molecule has 0 saturated carbocycles. The lowest BCUT2D eigenvalue weighted by molar-refractivity contribution is -0.386. The molecule has 196 valence electrons. The maximum atomic E-state index is 12.9. The highest BCUT2D eigenvalue weighted by Crippen LogP contribution is 2.38. The minimum absolute atomic E-state index is 0.0943. The van der Waals surface area contributed by atoms with Crippen LogP contribution in [-0.4, -0.2) is 53.9 Å². The zero-order valence-electron chi connectivity index (χ0n) is 19.2. The third kappa shape index (κ3) is 6.66. The maximum absolute atomic E-state index is 12.9. The van der Waals surface area contributed by atoms with E-state index >= 15 is 0 Å². The first kappa shape index (κ1) is 27.7. The van der Waals surface area contributed by atoms with E-state index in [2.05, 4.69) is 0 Å². The zero-order chi connectivity index (χ0) is 27.3. The summed E-state index contributed by atoms with van der Waals surface area (Å²) in [5.41, 5.74) is -1.55. The van der Waals surface area contributed by atoms with Crippen LogP contribution in [0, 0.1) is 27.4 Å². The van der Waals surface area contributed by atoms with Crippen LogP contribution in [0.25, 0.3) is 0 Å². The summed E-state index contributed by atoms with van der Waals surface area (Å²) in [4.78, 5) is 37.5. The minimum Gasteiger partial charge on any atom is -0.476 e. The molecule has 1 aliphatic rings. The van der Waals surface area contributed by atoms with Crippen molar-refractivity contribution >= 4 is 29.0 Å². The van der Waals surface area contributed by atoms with Crippen molar-refractivity contribution in [3.05, 3.63) is 57.1 Å². The van der Waals surface area contributed by atoms with E-state index in [4.69, 9.17) is 25.8 Å². The normalized spacial score (nSPS) is 15.3. The number of Topliss-reactive ketones (excluding diaryl/α,β-unsaturated/α-hetero) is 1. The van der Waals surface area contributed by atoms with Crippen LogP contribution in [0.4, 0.5) is 18.9 Å². The van der Waals surface area contributed by atoms with Crippen LogP contribution < -0.4 is 9.47 Å². The molecule has 2 aromatic carbocycles. The number of ether oxygens (including phenoxy) is 3. The predicted octanol–water partition coefficient (Wildman–Crippen LogP) is 4.39. The van der Waals surface area contributed by atoms with Crippen LogP contribution in [0.15, 0.2) is 36.4 Å². The second-order valence-electron chi connectivity index (χ2n) is 7.79. The summed E-state index contributed by atoms with van der Waals surface area (Å²) in [5, 5.41) is 20.6. The standard InChI is InChI=1S/C23H19ClF3N3O7/c1-13(21(31)16(12-28)22(32)29-6-8-35-9-7-29)36-20-11-15(3-4-18(20)30(33)34)37-19-5-2-14(10-17(19)24)23(25,26)27/h2-5,10-11,13,16H,6-9H2,1H3. The summed E-state index contributed by atoms with van der Waals surface area (Å²) in [5.74, 6) is -4.03. The first-order chi connectivity index (χ1) is 17.4. The number of alkyl halides is 3. The Labute approximate surface area is 213 Å². The number of benzene rings is 2. The molecule has 0 spiro atoms. The van der Waals surface area contributed by atoms with E-state index in [1.807, 2.05) is 0 Å². The molecule has 2 aromatic rings. The summed E-state index contributed by atoms with van der Waals surface area (Å²) in [6, 6.07) is 7.24. The van der Waals surface area contributed by atoms with Gasteiger partial charge in [0.2, 0.25) is 11.7 Å². The molecule has 1 aliphatic heterocycles. The van der Waals surface area contributed by atoms with Gasteiger partial charge in [-0.25, -0.2) is 0 Å².